The van der Waals surface area contributed by atoms with Gasteiger partial charge in [0.05, 0.1) is 13.1 Å². The molecule has 1 fully saturated rings. The first-order valence-electron chi connectivity index (χ1n) is 9.06. The lowest BCUT2D eigenvalue weighted by molar-refractivity contribution is -0.117. The molecule has 2 aromatic rings. The number of hydrogen-bond donors (Lipinski definition) is 0. The van der Waals surface area contributed by atoms with Gasteiger partial charge in [-0.3, -0.25) is 23.6 Å². The van der Waals surface area contributed by atoms with E-state index in [-0.39, 0.29) is 12.3 Å². The van der Waals surface area contributed by atoms with Crippen molar-refractivity contribution in [2.45, 2.75) is 40.3 Å². The van der Waals surface area contributed by atoms with E-state index in [9.17, 15) is 14.4 Å². The van der Waals surface area contributed by atoms with E-state index < -0.39 is 11.2 Å². The van der Waals surface area contributed by atoms with Crippen LogP contribution in [0.5, 0.6) is 0 Å². The van der Waals surface area contributed by atoms with Crippen molar-refractivity contribution in [2.24, 2.45) is 25.9 Å². The lowest BCUT2D eigenvalue weighted by Gasteiger charge is -2.34. The SMILES string of the molecule is CC(=O)Cn1c(CN2C[C@H](C)C[C@H](C)C2)nc2c1c(=O)n(C)c(=O)n2C. The van der Waals surface area contributed by atoms with Gasteiger partial charge >= 0.3 is 5.69 Å². The zero-order valence-electron chi connectivity index (χ0n) is 16.2. The Bertz CT molecular complexity index is 958. The van der Waals surface area contributed by atoms with E-state index in [0.29, 0.717) is 35.4 Å². The van der Waals surface area contributed by atoms with Crippen molar-refractivity contribution in [2.75, 3.05) is 13.1 Å². The van der Waals surface area contributed by atoms with Crippen LogP contribution >= 0.6 is 0 Å². The Morgan fingerprint density at radius 1 is 1.12 bits per heavy atom. The second-order valence-electron chi connectivity index (χ2n) is 7.83. The molecule has 0 bridgehead atoms. The summed E-state index contributed by atoms with van der Waals surface area (Å²) in [5, 5.41) is 0. The molecule has 2 aromatic heterocycles. The average Bonchev–Trinajstić information content (AvgIpc) is 2.88. The molecule has 0 radical (unpaired) electrons. The molecule has 0 spiro atoms. The number of Topliss-reactive ketones (excluding diaryl/α,β-unsaturated/α-hetero) is 1. The Morgan fingerprint density at radius 3 is 2.31 bits per heavy atom. The third-order valence-electron chi connectivity index (χ3n) is 5.12. The van der Waals surface area contributed by atoms with Crippen molar-refractivity contribution in [1.82, 2.24) is 23.6 Å². The van der Waals surface area contributed by atoms with Crippen LogP contribution in [0.1, 0.15) is 33.0 Å². The van der Waals surface area contributed by atoms with Crippen molar-refractivity contribution < 1.29 is 4.79 Å². The van der Waals surface area contributed by atoms with Crippen LogP contribution in [0, 0.1) is 11.8 Å². The van der Waals surface area contributed by atoms with Crippen LogP contribution in [-0.2, 0) is 32.0 Å². The summed E-state index contributed by atoms with van der Waals surface area (Å²) >= 11 is 0. The fraction of sp³-hybridized carbons (Fsp3) is 0.667. The summed E-state index contributed by atoms with van der Waals surface area (Å²) in [4.78, 5) is 43.6. The first-order chi connectivity index (χ1) is 12.2. The van der Waals surface area contributed by atoms with Crippen molar-refractivity contribution in [3.63, 3.8) is 0 Å². The van der Waals surface area contributed by atoms with Gasteiger partial charge in [-0.25, -0.2) is 9.78 Å². The van der Waals surface area contributed by atoms with Gasteiger partial charge in [0.1, 0.15) is 11.6 Å². The van der Waals surface area contributed by atoms with E-state index in [2.05, 4.69) is 23.7 Å². The van der Waals surface area contributed by atoms with Gasteiger partial charge < -0.3 is 4.57 Å². The summed E-state index contributed by atoms with van der Waals surface area (Å²) in [5.41, 5.74) is -0.171. The van der Waals surface area contributed by atoms with Crippen molar-refractivity contribution in [1.29, 1.82) is 0 Å². The van der Waals surface area contributed by atoms with Crippen LogP contribution in [0.25, 0.3) is 11.2 Å². The zero-order chi connectivity index (χ0) is 19.2. The molecule has 26 heavy (non-hydrogen) atoms. The highest BCUT2D eigenvalue weighted by Gasteiger charge is 2.25. The highest BCUT2D eigenvalue weighted by molar-refractivity contribution is 5.79. The minimum Gasteiger partial charge on any atom is -0.314 e. The van der Waals surface area contributed by atoms with Gasteiger partial charge in [0, 0.05) is 27.2 Å². The van der Waals surface area contributed by atoms with E-state index in [1.54, 1.807) is 11.6 Å². The molecule has 1 aliphatic heterocycles. The number of hydrogen-bond acceptors (Lipinski definition) is 5. The normalized spacial score (nSPS) is 21.4. The lowest BCUT2D eigenvalue weighted by Crippen LogP contribution is -2.39. The molecule has 8 heteroatoms. The molecule has 2 atom stereocenters. The molecule has 0 saturated carbocycles. The second-order valence-corrected chi connectivity index (χ2v) is 7.83. The molecule has 8 nitrogen and oxygen atoms in total. The first kappa shape index (κ1) is 18.6. The maximum absolute atomic E-state index is 12.7. The Labute approximate surface area is 152 Å². The first-order valence-corrected chi connectivity index (χ1v) is 9.06. The molecule has 1 saturated heterocycles. The van der Waals surface area contributed by atoms with Crippen LogP contribution in [-0.4, -0.2) is 42.5 Å². The van der Waals surface area contributed by atoms with Crippen molar-refractivity contribution in [3.8, 4) is 0 Å². The minimum atomic E-state index is -0.415. The average molecular weight is 361 g/mol. The van der Waals surface area contributed by atoms with Crippen LogP contribution in [0.4, 0.5) is 0 Å². The lowest BCUT2D eigenvalue weighted by atomic mass is 9.92. The molecular formula is C18H27N5O3. The predicted molar refractivity (Wildman–Crippen MR) is 99.1 cm³/mol. The maximum atomic E-state index is 12.7. The van der Waals surface area contributed by atoms with Gasteiger partial charge in [-0.05, 0) is 25.2 Å². The van der Waals surface area contributed by atoms with Crippen LogP contribution < -0.4 is 11.2 Å². The number of likely N-dealkylation sites (tertiary alicyclic amines) is 1. The number of ketones is 1. The number of carbonyl (C=O) groups is 1. The maximum Gasteiger partial charge on any atom is 0.332 e. The van der Waals surface area contributed by atoms with Gasteiger partial charge in [-0.2, -0.15) is 0 Å². The number of imidazole rings is 1. The third kappa shape index (κ3) is 3.25. The third-order valence-corrected chi connectivity index (χ3v) is 5.12. The van der Waals surface area contributed by atoms with Gasteiger partial charge in [-0.1, -0.05) is 13.8 Å². The van der Waals surface area contributed by atoms with Crippen molar-refractivity contribution >= 4 is 16.9 Å². The summed E-state index contributed by atoms with van der Waals surface area (Å²) in [7, 11) is 3.05. The van der Waals surface area contributed by atoms with Crippen LogP contribution in [0.15, 0.2) is 9.59 Å². The summed E-state index contributed by atoms with van der Waals surface area (Å²) in [6, 6.07) is 0. The molecule has 0 amide bonds. The van der Waals surface area contributed by atoms with Crippen LogP contribution in [0.3, 0.4) is 0 Å². The molecule has 0 aliphatic carbocycles. The Kier molecular flexibility index (Phi) is 4.88. The standard InChI is InChI=1S/C18H27N5O3/c1-11-6-12(2)8-22(7-11)10-14-19-16-15(23(14)9-13(3)24)17(25)21(5)18(26)20(16)4/h11-12H,6-10H2,1-5H3/t11-,12+. The summed E-state index contributed by atoms with van der Waals surface area (Å²) in [6.07, 6.45) is 1.20. The zero-order valence-corrected chi connectivity index (χ0v) is 16.2. The highest BCUT2D eigenvalue weighted by Crippen LogP contribution is 2.23. The second kappa shape index (κ2) is 6.83. The summed E-state index contributed by atoms with van der Waals surface area (Å²) in [6.45, 7) is 8.54. The Balaban J connectivity index is 2.14. The van der Waals surface area contributed by atoms with Crippen molar-refractivity contribution in [3.05, 3.63) is 26.7 Å². The fourth-order valence-corrected chi connectivity index (χ4v) is 4.13. The van der Waals surface area contributed by atoms with E-state index >= 15 is 0 Å². The van der Waals surface area contributed by atoms with Gasteiger partial charge in [0.2, 0.25) is 0 Å². The molecule has 142 valence electrons. The number of rotatable bonds is 4. The minimum absolute atomic E-state index is 0.0539. The largest absolute Gasteiger partial charge is 0.332 e. The highest BCUT2D eigenvalue weighted by atomic mass is 16.2. The molecule has 0 aromatic carbocycles. The van der Waals surface area contributed by atoms with E-state index in [1.165, 1.54) is 25.0 Å². The molecule has 3 heterocycles. The summed E-state index contributed by atoms with van der Waals surface area (Å²) < 4.78 is 4.12. The topological polar surface area (TPSA) is 82.1 Å². The number of aryl methyl sites for hydroxylation is 1. The van der Waals surface area contributed by atoms with Gasteiger partial charge in [-0.15, -0.1) is 0 Å². The number of carbonyl (C=O) groups excluding carboxylic acids is 1. The van der Waals surface area contributed by atoms with E-state index in [1.807, 2.05) is 0 Å². The Hall–Kier alpha value is -2.22. The quantitative estimate of drug-likeness (QED) is 0.792. The molecule has 3 rings (SSSR count). The molecule has 1 aliphatic rings. The van der Waals surface area contributed by atoms with Gasteiger partial charge in [0.15, 0.2) is 11.2 Å². The number of aromatic nitrogens is 4. The number of nitrogens with zero attached hydrogens (tertiary/aromatic N) is 5. The van der Waals surface area contributed by atoms with E-state index in [4.69, 9.17) is 0 Å². The smallest absolute Gasteiger partial charge is 0.314 e. The Morgan fingerprint density at radius 2 is 1.73 bits per heavy atom. The van der Waals surface area contributed by atoms with E-state index in [0.717, 1.165) is 17.7 Å². The molecule has 0 unspecified atom stereocenters. The van der Waals surface area contributed by atoms with Gasteiger partial charge in [0.25, 0.3) is 5.56 Å². The molecule has 0 N–H and O–H groups in total. The number of fused-ring (bicyclic) bond motifs is 1. The predicted octanol–water partition coefficient (Wildman–Crippen LogP) is 0.501. The summed E-state index contributed by atoms with van der Waals surface area (Å²) in [5.74, 6) is 1.81. The van der Waals surface area contributed by atoms with Crippen LogP contribution in [0.2, 0.25) is 0 Å². The monoisotopic (exact) mass is 361 g/mol. The molecular weight excluding hydrogens is 334 g/mol. The number of piperidine rings is 1. The fourth-order valence-electron chi connectivity index (χ4n) is 4.13.